The molecule has 7 heteroatoms. The molecule has 0 radical (unpaired) electrons. The summed E-state index contributed by atoms with van der Waals surface area (Å²) in [4.78, 5) is 10.4. The fraction of sp³-hybridized carbons (Fsp3) is 0.500. The van der Waals surface area contributed by atoms with E-state index in [1.807, 2.05) is 0 Å². The van der Waals surface area contributed by atoms with Gasteiger partial charge >= 0.3 is 12.1 Å². The minimum absolute atomic E-state index is 0.0780. The Morgan fingerprint density at radius 2 is 2.27 bits per heavy atom. The third-order valence-corrected chi connectivity index (χ3v) is 1.81. The van der Waals surface area contributed by atoms with Gasteiger partial charge in [0, 0.05) is 6.20 Å². The van der Waals surface area contributed by atoms with Gasteiger partial charge in [-0.15, -0.1) is 0 Å². The van der Waals surface area contributed by atoms with Crippen molar-refractivity contribution in [2.75, 3.05) is 0 Å². The first-order valence-corrected chi connectivity index (χ1v) is 4.14. The predicted octanol–water partition coefficient (Wildman–Crippen LogP) is 1.62. The molecule has 0 saturated heterocycles. The van der Waals surface area contributed by atoms with Crippen LogP contribution in [0.5, 0.6) is 0 Å². The molecule has 0 aromatic carbocycles. The smallest absolute Gasteiger partial charge is 0.435 e. The highest BCUT2D eigenvalue weighted by Crippen LogP contribution is 2.27. The summed E-state index contributed by atoms with van der Waals surface area (Å²) in [6.07, 6.45) is -3.38. The highest BCUT2D eigenvalue weighted by molar-refractivity contribution is 5.69. The van der Waals surface area contributed by atoms with Crippen LogP contribution in [0.3, 0.4) is 0 Å². The third kappa shape index (κ3) is 2.97. The van der Waals surface area contributed by atoms with E-state index in [-0.39, 0.29) is 6.54 Å². The van der Waals surface area contributed by atoms with E-state index >= 15 is 0 Å². The fourth-order valence-electron chi connectivity index (χ4n) is 0.973. The molecule has 1 unspecified atom stereocenters. The van der Waals surface area contributed by atoms with E-state index in [0.717, 1.165) is 16.9 Å². The van der Waals surface area contributed by atoms with Crippen molar-refractivity contribution >= 4 is 5.97 Å². The van der Waals surface area contributed by atoms with E-state index in [4.69, 9.17) is 5.11 Å². The number of aliphatic carboxylic acids is 1. The van der Waals surface area contributed by atoms with E-state index < -0.39 is 23.8 Å². The summed E-state index contributed by atoms with van der Waals surface area (Å²) in [6.45, 7) is 1.32. The Morgan fingerprint density at radius 3 is 2.67 bits per heavy atom. The number of carbonyl (C=O) groups is 1. The van der Waals surface area contributed by atoms with Crippen molar-refractivity contribution in [3.63, 3.8) is 0 Å². The molecule has 0 saturated carbocycles. The minimum Gasteiger partial charge on any atom is -0.481 e. The zero-order chi connectivity index (χ0) is 11.6. The summed E-state index contributed by atoms with van der Waals surface area (Å²) in [6, 6.07) is 0.814. The standard InChI is InChI=1S/C8H9F3N2O2/c1-5(7(14)15)4-13-3-2-6(12-13)8(9,10)11/h2-3,5H,4H2,1H3,(H,14,15). The Balaban J connectivity index is 2.73. The van der Waals surface area contributed by atoms with Crippen molar-refractivity contribution < 1.29 is 23.1 Å². The average Bonchev–Trinajstić information content (AvgIpc) is 2.51. The molecule has 0 spiro atoms. The zero-order valence-corrected chi connectivity index (χ0v) is 7.82. The molecule has 1 rings (SSSR count). The largest absolute Gasteiger partial charge is 0.481 e. The first-order valence-electron chi connectivity index (χ1n) is 4.14. The maximum atomic E-state index is 12.1. The van der Waals surface area contributed by atoms with Gasteiger partial charge in [-0.05, 0) is 6.07 Å². The number of carboxylic acid groups (broad SMARTS) is 1. The van der Waals surface area contributed by atoms with E-state index in [1.54, 1.807) is 0 Å². The summed E-state index contributed by atoms with van der Waals surface area (Å²) in [7, 11) is 0. The number of hydrogen-bond donors (Lipinski definition) is 1. The van der Waals surface area contributed by atoms with Gasteiger partial charge in [0.25, 0.3) is 0 Å². The SMILES string of the molecule is CC(Cn1ccc(C(F)(F)F)n1)C(=O)O. The molecule has 1 atom stereocenters. The van der Waals surface area contributed by atoms with Crippen LogP contribution in [0.4, 0.5) is 13.2 Å². The number of rotatable bonds is 3. The second-order valence-corrected chi connectivity index (χ2v) is 3.16. The van der Waals surface area contributed by atoms with E-state index in [2.05, 4.69) is 5.10 Å². The van der Waals surface area contributed by atoms with Crippen LogP contribution in [0.2, 0.25) is 0 Å². The first kappa shape index (κ1) is 11.5. The van der Waals surface area contributed by atoms with Crippen molar-refractivity contribution in [1.82, 2.24) is 9.78 Å². The Kier molecular flexibility index (Phi) is 3.01. The van der Waals surface area contributed by atoms with Gasteiger partial charge in [0.1, 0.15) is 0 Å². The molecule has 1 aromatic heterocycles. The molecule has 1 aromatic rings. The van der Waals surface area contributed by atoms with Crippen LogP contribution in [0.1, 0.15) is 12.6 Å². The maximum absolute atomic E-state index is 12.1. The normalized spacial score (nSPS) is 13.9. The minimum atomic E-state index is -4.49. The van der Waals surface area contributed by atoms with E-state index in [9.17, 15) is 18.0 Å². The lowest BCUT2D eigenvalue weighted by molar-refractivity contribution is -0.141. The van der Waals surface area contributed by atoms with Gasteiger partial charge in [0.2, 0.25) is 0 Å². The first-order chi connectivity index (χ1) is 6.80. The van der Waals surface area contributed by atoms with Crippen LogP contribution in [-0.4, -0.2) is 20.9 Å². The van der Waals surface area contributed by atoms with Gasteiger partial charge < -0.3 is 5.11 Å². The predicted molar refractivity (Wildman–Crippen MR) is 44.0 cm³/mol. The number of halogens is 3. The fourth-order valence-corrected chi connectivity index (χ4v) is 0.973. The van der Waals surface area contributed by atoms with Crippen molar-refractivity contribution in [2.24, 2.45) is 5.92 Å². The third-order valence-electron chi connectivity index (χ3n) is 1.81. The van der Waals surface area contributed by atoms with Crippen LogP contribution in [0.15, 0.2) is 12.3 Å². The monoisotopic (exact) mass is 222 g/mol. The lowest BCUT2D eigenvalue weighted by Gasteiger charge is -2.06. The van der Waals surface area contributed by atoms with Crippen LogP contribution < -0.4 is 0 Å². The molecule has 0 amide bonds. The molecule has 1 N–H and O–H groups in total. The molecule has 1 heterocycles. The Labute approximate surface area is 83.3 Å². The van der Waals surface area contributed by atoms with Crippen molar-refractivity contribution in [3.05, 3.63) is 18.0 Å². The second kappa shape index (κ2) is 3.92. The van der Waals surface area contributed by atoms with Gasteiger partial charge in [-0.3, -0.25) is 9.48 Å². The van der Waals surface area contributed by atoms with Crippen LogP contribution in [-0.2, 0) is 17.5 Å². The van der Waals surface area contributed by atoms with E-state index in [0.29, 0.717) is 0 Å². The Bertz CT molecular complexity index is 359. The number of nitrogens with zero attached hydrogens (tertiary/aromatic N) is 2. The van der Waals surface area contributed by atoms with Gasteiger partial charge in [0.05, 0.1) is 12.5 Å². The summed E-state index contributed by atoms with van der Waals surface area (Å²) in [5.41, 5.74) is -1.01. The lowest BCUT2D eigenvalue weighted by Crippen LogP contribution is -2.17. The molecule has 15 heavy (non-hydrogen) atoms. The number of alkyl halides is 3. The van der Waals surface area contributed by atoms with Gasteiger partial charge in [0.15, 0.2) is 5.69 Å². The molecule has 0 aliphatic heterocycles. The number of aromatic nitrogens is 2. The molecule has 84 valence electrons. The molecular weight excluding hydrogens is 213 g/mol. The summed E-state index contributed by atoms with van der Waals surface area (Å²) < 4.78 is 37.3. The van der Waals surface area contributed by atoms with Gasteiger partial charge in [-0.2, -0.15) is 18.3 Å². The van der Waals surface area contributed by atoms with E-state index in [1.165, 1.54) is 6.92 Å². The van der Waals surface area contributed by atoms with Crippen LogP contribution in [0.25, 0.3) is 0 Å². The Morgan fingerprint density at radius 1 is 1.67 bits per heavy atom. The molecule has 0 fully saturated rings. The van der Waals surface area contributed by atoms with Crippen molar-refractivity contribution in [3.8, 4) is 0 Å². The lowest BCUT2D eigenvalue weighted by atomic mass is 10.2. The highest BCUT2D eigenvalue weighted by Gasteiger charge is 2.33. The van der Waals surface area contributed by atoms with Gasteiger partial charge in [-0.25, -0.2) is 0 Å². The highest BCUT2D eigenvalue weighted by atomic mass is 19.4. The summed E-state index contributed by atoms with van der Waals surface area (Å²) in [5.74, 6) is -1.84. The Hall–Kier alpha value is -1.53. The van der Waals surface area contributed by atoms with Crippen LogP contribution >= 0.6 is 0 Å². The molecule has 4 nitrogen and oxygen atoms in total. The summed E-state index contributed by atoms with van der Waals surface area (Å²) in [5, 5.41) is 11.8. The average molecular weight is 222 g/mol. The number of hydrogen-bond acceptors (Lipinski definition) is 2. The van der Waals surface area contributed by atoms with Gasteiger partial charge in [-0.1, -0.05) is 6.92 Å². The number of carboxylic acids is 1. The topological polar surface area (TPSA) is 55.1 Å². The molecule has 0 aliphatic carbocycles. The molecular formula is C8H9F3N2O2. The molecule has 0 aliphatic rings. The van der Waals surface area contributed by atoms with Crippen molar-refractivity contribution in [1.29, 1.82) is 0 Å². The second-order valence-electron chi connectivity index (χ2n) is 3.16. The molecule has 0 bridgehead atoms. The summed E-state index contributed by atoms with van der Waals surface area (Å²) >= 11 is 0. The quantitative estimate of drug-likeness (QED) is 0.845. The van der Waals surface area contributed by atoms with Crippen molar-refractivity contribution in [2.45, 2.75) is 19.6 Å². The maximum Gasteiger partial charge on any atom is 0.435 e. The zero-order valence-electron chi connectivity index (χ0n) is 7.82. The van der Waals surface area contributed by atoms with Crippen LogP contribution in [0, 0.1) is 5.92 Å².